The van der Waals surface area contributed by atoms with Crippen LogP contribution in [0.3, 0.4) is 0 Å². The largest absolute Gasteiger partial charge is 0.484 e. The number of nitro benzene ring substituents is 1. The Kier molecular flexibility index (Phi) is 6.06. The van der Waals surface area contributed by atoms with Crippen LogP contribution in [0.5, 0.6) is 5.75 Å². The van der Waals surface area contributed by atoms with Gasteiger partial charge in [-0.15, -0.1) is 0 Å². The van der Waals surface area contributed by atoms with Gasteiger partial charge in [-0.3, -0.25) is 14.9 Å². The van der Waals surface area contributed by atoms with Gasteiger partial charge in [0.25, 0.3) is 11.6 Å². The molecule has 26 heavy (non-hydrogen) atoms. The van der Waals surface area contributed by atoms with E-state index >= 15 is 0 Å². The first kappa shape index (κ1) is 19.1. The molecular weight excluding hydrogens is 334 g/mol. The number of nitrogens with one attached hydrogen (secondary N) is 1. The second-order valence-corrected chi connectivity index (χ2v) is 6.10. The van der Waals surface area contributed by atoms with Crippen molar-refractivity contribution in [2.45, 2.75) is 27.7 Å². The lowest BCUT2D eigenvalue weighted by molar-refractivity contribution is -0.385. The highest BCUT2D eigenvalue weighted by Gasteiger charge is 2.12. The summed E-state index contributed by atoms with van der Waals surface area (Å²) in [6.45, 7) is 7.07. The average Bonchev–Trinajstić information content (AvgIpc) is 2.57. The van der Waals surface area contributed by atoms with E-state index in [9.17, 15) is 14.9 Å². The van der Waals surface area contributed by atoms with E-state index in [0.717, 1.165) is 11.1 Å². The molecule has 0 fully saturated rings. The summed E-state index contributed by atoms with van der Waals surface area (Å²) in [4.78, 5) is 22.5. The number of amides is 1. The van der Waals surface area contributed by atoms with Gasteiger partial charge in [-0.1, -0.05) is 18.2 Å². The van der Waals surface area contributed by atoms with Crippen molar-refractivity contribution in [1.82, 2.24) is 5.43 Å². The Hall–Kier alpha value is -3.22. The van der Waals surface area contributed by atoms with Crippen LogP contribution in [0.4, 0.5) is 5.69 Å². The Morgan fingerprint density at radius 1 is 1.15 bits per heavy atom. The van der Waals surface area contributed by atoms with Crippen molar-refractivity contribution in [3.8, 4) is 5.75 Å². The van der Waals surface area contributed by atoms with E-state index in [2.05, 4.69) is 10.5 Å². The van der Waals surface area contributed by atoms with Gasteiger partial charge in [-0.2, -0.15) is 5.10 Å². The van der Waals surface area contributed by atoms with Crippen LogP contribution in [0.25, 0.3) is 0 Å². The lowest BCUT2D eigenvalue weighted by Gasteiger charge is -2.08. The number of carbonyl (C=O) groups excluding carboxylic acids is 1. The molecule has 0 spiro atoms. The lowest BCUT2D eigenvalue weighted by atomic mass is 10.1. The van der Waals surface area contributed by atoms with E-state index in [1.165, 1.54) is 6.07 Å². The SMILES string of the molecule is C/C(=N/NC(=O)COc1cc(C)cc(C)c1)c1ccc(C)c([N+](=O)[O-])c1. The highest BCUT2D eigenvalue weighted by atomic mass is 16.6. The molecule has 136 valence electrons. The van der Waals surface area contributed by atoms with Gasteiger partial charge in [-0.05, 0) is 51.0 Å². The number of hydrazone groups is 1. The molecule has 1 amide bonds. The maximum Gasteiger partial charge on any atom is 0.277 e. The van der Waals surface area contributed by atoms with E-state index in [1.54, 1.807) is 26.0 Å². The maximum atomic E-state index is 11.9. The molecule has 0 radical (unpaired) electrons. The van der Waals surface area contributed by atoms with Gasteiger partial charge in [0.1, 0.15) is 5.75 Å². The van der Waals surface area contributed by atoms with Gasteiger partial charge in [0.05, 0.1) is 10.6 Å². The third-order valence-corrected chi connectivity index (χ3v) is 3.74. The average molecular weight is 355 g/mol. The second kappa shape index (κ2) is 8.24. The van der Waals surface area contributed by atoms with Crippen LogP contribution in [0.1, 0.15) is 29.2 Å². The van der Waals surface area contributed by atoms with Crippen molar-refractivity contribution >= 4 is 17.3 Å². The number of aryl methyl sites for hydroxylation is 3. The summed E-state index contributed by atoms with van der Waals surface area (Å²) in [6, 6.07) is 10.5. The fourth-order valence-corrected chi connectivity index (χ4v) is 2.44. The molecule has 0 saturated heterocycles. The molecule has 0 heterocycles. The summed E-state index contributed by atoms with van der Waals surface area (Å²) >= 11 is 0. The van der Waals surface area contributed by atoms with Crippen LogP contribution < -0.4 is 10.2 Å². The van der Waals surface area contributed by atoms with Crippen LogP contribution in [0.2, 0.25) is 0 Å². The minimum atomic E-state index is -0.442. The zero-order valence-electron chi connectivity index (χ0n) is 15.2. The Morgan fingerprint density at radius 2 is 1.81 bits per heavy atom. The van der Waals surface area contributed by atoms with Crippen molar-refractivity contribution in [3.63, 3.8) is 0 Å². The number of nitrogens with zero attached hydrogens (tertiary/aromatic N) is 2. The fourth-order valence-electron chi connectivity index (χ4n) is 2.44. The molecule has 0 saturated carbocycles. The quantitative estimate of drug-likeness (QED) is 0.488. The van der Waals surface area contributed by atoms with Crippen LogP contribution in [-0.2, 0) is 4.79 Å². The third kappa shape index (κ3) is 5.14. The molecular formula is C19H21N3O4. The predicted octanol–water partition coefficient (Wildman–Crippen LogP) is 3.44. The van der Waals surface area contributed by atoms with Crippen molar-refractivity contribution in [3.05, 3.63) is 68.8 Å². The van der Waals surface area contributed by atoms with Gasteiger partial charge < -0.3 is 4.74 Å². The first-order valence-electron chi connectivity index (χ1n) is 8.06. The topological polar surface area (TPSA) is 93.8 Å². The molecule has 2 rings (SSSR count). The van der Waals surface area contributed by atoms with Crippen LogP contribution in [0.15, 0.2) is 41.5 Å². The number of benzene rings is 2. The molecule has 0 unspecified atom stereocenters. The molecule has 2 aromatic carbocycles. The summed E-state index contributed by atoms with van der Waals surface area (Å²) in [5.74, 6) is 0.206. The molecule has 7 heteroatoms. The number of rotatable bonds is 6. The third-order valence-electron chi connectivity index (χ3n) is 3.74. The molecule has 0 aliphatic rings. The second-order valence-electron chi connectivity index (χ2n) is 6.10. The monoisotopic (exact) mass is 355 g/mol. The van der Waals surface area contributed by atoms with Gasteiger partial charge in [0.15, 0.2) is 6.61 Å². The summed E-state index contributed by atoms with van der Waals surface area (Å²) in [5.41, 5.74) is 6.12. The molecule has 1 N–H and O–H groups in total. The van der Waals surface area contributed by atoms with Gasteiger partial charge in [0, 0.05) is 17.2 Å². The van der Waals surface area contributed by atoms with Crippen molar-refractivity contribution in [2.75, 3.05) is 6.61 Å². The van der Waals surface area contributed by atoms with Gasteiger partial charge in [-0.25, -0.2) is 5.43 Å². The van der Waals surface area contributed by atoms with Crippen molar-refractivity contribution in [1.29, 1.82) is 0 Å². The van der Waals surface area contributed by atoms with E-state index in [4.69, 9.17) is 4.74 Å². The highest BCUT2D eigenvalue weighted by molar-refractivity contribution is 5.99. The Bertz CT molecular complexity index is 855. The van der Waals surface area contributed by atoms with Gasteiger partial charge in [0.2, 0.25) is 0 Å². The summed E-state index contributed by atoms with van der Waals surface area (Å²) in [7, 11) is 0. The molecule has 2 aromatic rings. The standard InChI is InChI=1S/C19H21N3O4/c1-12-7-13(2)9-17(8-12)26-11-19(23)21-20-15(4)16-6-5-14(3)18(10-16)22(24)25/h5-10H,11H2,1-4H3,(H,21,23)/b20-15-. The van der Waals surface area contributed by atoms with Crippen LogP contribution in [-0.4, -0.2) is 23.1 Å². The Labute approximate surface area is 151 Å². The van der Waals surface area contributed by atoms with Gasteiger partial charge >= 0.3 is 0 Å². The van der Waals surface area contributed by atoms with Crippen LogP contribution >= 0.6 is 0 Å². The first-order valence-corrected chi connectivity index (χ1v) is 8.06. The number of nitro groups is 1. The van der Waals surface area contributed by atoms with Crippen molar-refractivity contribution in [2.24, 2.45) is 5.10 Å². The number of hydrogen-bond acceptors (Lipinski definition) is 5. The summed E-state index contributed by atoms with van der Waals surface area (Å²) in [6.07, 6.45) is 0. The fraction of sp³-hybridized carbons (Fsp3) is 0.263. The first-order chi connectivity index (χ1) is 12.3. The molecule has 0 bridgehead atoms. The van der Waals surface area contributed by atoms with E-state index in [0.29, 0.717) is 22.6 Å². The number of hydrogen-bond donors (Lipinski definition) is 1. The predicted molar refractivity (Wildman–Crippen MR) is 99.6 cm³/mol. The maximum absolute atomic E-state index is 11.9. The molecule has 0 aliphatic heterocycles. The summed E-state index contributed by atoms with van der Waals surface area (Å²) < 4.78 is 5.46. The normalized spacial score (nSPS) is 11.2. The minimum absolute atomic E-state index is 0.0153. The molecule has 0 aliphatic carbocycles. The number of ether oxygens (including phenoxy) is 1. The van der Waals surface area contributed by atoms with E-state index < -0.39 is 10.8 Å². The Balaban J connectivity index is 1.98. The summed E-state index contributed by atoms with van der Waals surface area (Å²) in [5, 5.41) is 15.0. The zero-order valence-corrected chi connectivity index (χ0v) is 15.2. The highest BCUT2D eigenvalue weighted by Crippen LogP contribution is 2.19. The smallest absolute Gasteiger partial charge is 0.277 e. The lowest BCUT2D eigenvalue weighted by Crippen LogP contribution is -2.25. The molecule has 0 atom stereocenters. The molecule has 7 nitrogen and oxygen atoms in total. The van der Waals surface area contributed by atoms with E-state index in [1.807, 2.05) is 32.0 Å². The van der Waals surface area contributed by atoms with Crippen LogP contribution in [0, 0.1) is 30.9 Å². The minimum Gasteiger partial charge on any atom is -0.484 e. The van der Waals surface area contributed by atoms with Crippen molar-refractivity contribution < 1.29 is 14.5 Å². The number of carbonyl (C=O) groups is 1. The van der Waals surface area contributed by atoms with E-state index in [-0.39, 0.29) is 12.3 Å². The zero-order chi connectivity index (χ0) is 19.3. The molecule has 0 aromatic heterocycles. The Morgan fingerprint density at radius 3 is 2.42 bits per heavy atom.